The van der Waals surface area contributed by atoms with E-state index in [2.05, 4.69) is 33.0 Å². The Labute approximate surface area is 164 Å². The van der Waals surface area contributed by atoms with Crippen LogP contribution in [0.2, 0.25) is 0 Å². The molecule has 0 bridgehead atoms. The Morgan fingerprint density at radius 2 is 2.04 bits per heavy atom. The van der Waals surface area contributed by atoms with Crippen LogP contribution in [-0.2, 0) is 6.54 Å². The van der Waals surface area contributed by atoms with Crippen molar-refractivity contribution < 1.29 is 0 Å². The maximum absolute atomic E-state index is 5.20. The molecule has 0 atom stereocenters. The number of hydrazone groups is 1. The normalized spacial score (nSPS) is 11.1. The van der Waals surface area contributed by atoms with Gasteiger partial charge in [0.15, 0.2) is 5.11 Å². The molecule has 0 aliphatic rings. The Balaban J connectivity index is 1.83. The fraction of sp³-hybridized carbons (Fsp3) is 0.200. The highest BCUT2D eigenvalue weighted by Gasteiger charge is 2.10. The summed E-state index contributed by atoms with van der Waals surface area (Å²) < 4.78 is 1.91. The summed E-state index contributed by atoms with van der Waals surface area (Å²) in [5.41, 5.74) is 6.67. The zero-order valence-electron chi connectivity index (χ0n) is 15.3. The molecule has 0 aliphatic heterocycles. The summed E-state index contributed by atoms with van der Waals surface area (Å²) in [6.07, 6.45) is 7.24. The lowest BCUT2D eigenvalue weighted by molar-refractivity contribution is 0.689. The Kier molecular flexibility index (Phi) is 6.27. The molecule has 7 heteroatoms. The quantitative estimate of drug-likeness (QED) is 0.392. The minimum Gasteiger partial charge on any atom is -0.359 e. The predicted octanol–water partition coefficient (Wildman–Crippen LogP) is 3.20. The highest BCUT2D eigenvalue weighted by Crippen LogP contribution is 2.20. The van der Waals surface area contributed by atoms with Crippen molar-refractivity contribution in [1.82, 2.24) is 25.5 Å². The molecule has 3 rings (SSSR count). The van der Waals surface area contributed by atoms with E-state index in [9.17, 15) is 0 Å². The molecule has 0 radical (unpaired) electrons. The van der Waals surface area contributed by atoms with E-state index in [1.54, 1.807) is 18.6 Å². The first-order chi connectivity index (χ1) is 13.1. The fourth-order valence-corrected chi connectivity index (χ4v) is 2.85. The van der Waals surface area contributed by atoms with Gasteiger partial charge >= 0.3 is 0 Å². The van der Waals surface area contributed by atoms with Crippen molar-refractivity contribution in [1.29, 1.82) is 0 Å². The molecule has 138 valence electrons. The minimum atomic E-state index is 0.250. The predicted molar refractivity (Wildman–Crippen MR) is 113 cm³/mol. The molecular weight excluding hydrogens is 356 g/mol. The summed E-state index contributed by atoms with van der Waals surface area (Å²) in [6, 6.07) is 14.3. The van der Waals surface area contributed by atoms with Gasteiger partial charge in [-0.2, -0.15) is 10.2 Å². The summed E-state index contributed by atoms with van der Waals surface area (Å²) in [5, 5.41) is 12.6. The number of rotatable bonds is 6. The number of nitrogens with zero attached hydrogens (tertiary/aromatic N) is 4. The van der Waals surface area contributed by atoms with E-state index in [0.29, 0.717) is 11.7 Å². The molecule has 0 saturated heterocycles. The molecule has 0 saturated carbocycles. The first kappa shape index (κ1) is 18.7. The monoisotopic (exact) mass is 378 g/mol. The Bertz CT molecular complexity index is 903. The molecule has 2 aromatic heterocycles. The molecule has 0 fully saturated rings. The number of pyridine rings is 1. The van der Waals surface area contributed by atoms with Crippen LogP contribution < -0.4 is 10.7 Å². The maximum atomic E-state index is 5.20. The van der Waals surface area contributed by atoms with Crippen molar-refractivity contribution in [2.45, 2.75) is 26.4 Å². The van der Waals surface area contributed by atoms with Gasteiger partial charge in [0, 0.05) is 35.8 Å². The van der Waals surface area contributed by atoms with Crippen LogP contribution in [0, 0.1) is 0 Å². The Hall–Kier alpha value is -3.06. The molecule has 0 unspecified atom stereocenters. The van der Waals surface area contributed by atoms with Gasteiger partial charge < -0.3 is 5.32 Å². The van der Waals surface area contributed by atoms with Gasteiger partial charge in [0.1, 0.15) is 5.69 Å². The van der Waals surface area contributed by atoms with Crippen molar-refractivity contribution in [3.05, 3.63) is 72.2 Å². The molecule has 2 N–H and O–H groups in total. The second-order valence-corrected chi connectivity index (χ2v) is 6.76. The third-order valence-corrected chi connectivity index (χ3v) is 3.91. The maximum Gasteiger partial charge on any atom is 0.187 e. The van der Waals surface area contributed by atoms with Crippen LogP contribution in [0.1, 0.15) is 25.0 Å². The summed E-state index contributed by atoms with van der Waals surface area (Å²) in [4.78, 5) is 4.20. The van der Waals surface area contributed by atoms with Gasteiger partial charge in [0.25, 0.3) is 0 Å². The average molecular weight is 379 g/mol. The van der Waals surface area contributed by atoms with E-state index in [0.717, 1.165) is 16.8 Å². The van der Waals surface area contributed by atoms with Gasteiger partial charge in [-0.3, -0.25) is 15.1 Å². The van der Waals surface area contributed by atoms with E-state index in [4.69, 9.17) is 17.3 Å². The van der Waals surface area contributed by atoms with Crippen molar-refractivity contribution in [3.63, 3.8) is 0 Å². The molecule has 6 nitrogen and oxygen atoms in total. The van der Waals surface area contributed by atoms with Gasteiger partial charge in [-0.1, -0.05) is 30.3 Å². The summed E-state index contributed by atoms with van der Waals surface area (Å²) in [6.45, 7) is 4.72. The molecule has 0 amide bonds. The Morgan fingerprint density at radius 1 is 1.22 bits per heavy atom. The van der Waals surface area contributed by atoms with Gasteiger partial charge in [-0.05, 0) is 43.8 Å². The van der Waals surface area contributed by atoms with Crippen LogP contribution in [0.25, 0.3) is 11.3 Å². The van der Waals surface area contributed by atoms with Gasteiger partial charge in [-0.25, -0.2) is 0 Å². The van der Waals surface area contributed by atoms with Crippen LogP contribution in [0.15, 0.2) is 66.2 Å². The van der Waals surface area contributed by atoms with E-state index in [1.807, 2.05) is 55.1 Å². The number of hydrogen-bond donors (Lipinski definition) is 2. The van der Waals surface area contributed by atoms with Gasteiger partial charge in [0.05, 0.1) is 12.8 Å². The smallest absolute Gasteiger partial charge is 0.187 e. The molecule has 1 aromatic carbocycles. The number of hydrogen-bond acceptors (Lipinski definition) is 4. The zero-order valence-corrected chi connectivity index (χ0v) is 16.1. The number of nitrogens with one attached hydrogen (secondary N) is 2. The molecular formula is C20H22N6S. The zero-order chi connectivity index (χ0) is 19.1. The van der Waals surface area contributed by atoms with Crippen molar-refractivity contribution in [2.24, 2.45) is 5.10 Å². The van der Waals surface area contributed by atoms with E-state index in [1.165, 1.54) is 5.56 Å². The summed E-state index contributed by atoms with van der Waals surface area (Å²) in [7, 11) is 0. The molecule has 27 heavy (non-hydrogen) atoms. The number of thiocarbonyl (C=S) groups is 1. The third-order valence-electron chi connectivity index (χ3n) is 3.70. The topological polar surface area (TPSA) is 67.1 Å². The highest BCUT2D eigenvalue weighted by molar-refractivity contribution is 7.80. The van der Waals surface area contributed by atoms with Gasteiger partial charge in [-0.15, -0.1) is 0 Å². The molecule has 3 aromatic rings. The number of benzene rings is 1. The number of aromatic nitrogens is 3. The second kappa shape index (κ2) is 9.05. The summed E-state index contributed by atoms with van der Waals surface area (Å²) in [5.74, 6) is 0. The van der Waals surface area contributed by atoms with Crippen molar-refractivity contribution in [2.75, 3.05) is 0 Å². The first-order valence-electron chi connectivity index (χ1n) is 8.73. The minimum absolute atomic E-state index is 0.250. The van der Waals surface area contributed by atoms with Crippen LogP contribution in [0.5, 0.6) is 0 Å². The van der Waals surface area contributed by atoms with Crippen LogP contribution >= 0.6 is 12.2 Å². The van der Waals surface area contributed by atoms with Crippen molar-refractivity contribution in [3.8, 4) is 11.3 Å². The lowest BCUT2D eigenvalue weighted by Gasteiger charge is -2.09. The van der Waals surface area contributed by atoms with E-state index < -0.39 is 0 Å². The third kappa shape index (κ3) is 5.46. The fourth-order valence-electron chi connectivity index (χ4n) is 2.56. The van der Waals surface area contributed by atoms with E-state index >= 15 is 0 Å². The van der Waals surface area contributed by atoms with Crippen LogP contribution in [0.4, 0.5) is 0 Å². The SMILES string of the molecule is CC(C)NC(=S)N/N=C\c1cn(Cc2ccccc2)nc1-c1cccnc1. The van der Waals surface area contributed by atoms with Crippen LogP contribution in [0.3, 0.4) is 0 Å². The van der Waals surface area contributed by atoms with Gasteiger partial charge in [0.2, 0.25) is 0 Å². The standard InChI is InChI=1S/C20H22N6S/c1-15(2)23-20(27)24-22-12-18-14-26(13-16-7-4-3-5-8-16)25-19(18)17-9-6-10-21-11-17/h3-12,14-15H,13H2,1-2H3,(H2,23,24,27)/b22-12-. The Morgan fingerprint density at radius 3 is 2.74 bits per heavy atom. The second-order valence-electron chi connectivity index (χ2n) is 6.36. The summed E-state index contributed by atoms with van der Waals surface area (Å²) >= 11 is 5.20. The molecule has 0 spiro atoms. The molecule has 0 aliphatic carbocycles. The van der Waals surface area contributed by atoms with Crippen LogP contribution in [-0.4, -0.2) is 32.1 Å². The first-order valence-corrected chi connectivity index (χ1v) is 9.14. The average Bonchev–Trinajstić information content (AvgIpc) is 3.05. The van der Waals surface area contributed by atoms with Crippen molar-refractivity contribution >= 4 is 23.5 Å². The lowest BCUT2D eigenvalue weighted by Crippen LogP contribution is -2.36. The molecule has 2 heterocycles. The highest BCUT2D eigenvalue weighted by atomic mass is 32.1. The largest absolute Gasteiger partial charge is 0.359 e. The van der Waals surface area contributed by atoms with E-state index in [-0.39, 0.29) is 6.04 Å². The lowest BCUT2D eigenvalue weighted by atomic mass is 10.1.